The molecule has 0 aliphatic carbocycles. The number of alkyl halides is 1. The van der Waals surface area contributed by atoms with Crippen LogP contribution in [0.1, 0.15) is 53.4 Å². The fourth-order valence-electron chi connectivity index (χ4n) is 1.90. The molecule has 2 N–H and O–H groups in total. The Bertz CT molecular complexity index is 392. The number of alkyl carbamates (subject to hydrolysis) is 1. The van der Waals surface area contributed by atoms with E-state index in [-0.39, 0.29) is 12.3 Å². The maximum Gasteiger partial charge on any atom is 0.408 e. The molecule has 0 aromatic rings. The number of carboxylic acid groups (broad SMARTS) is 1. The van der Waals surface area contributed by atoms with E-state index in [1.807, 2.05) is 0 Å². The summed E-state index contributed by atoms with van der Waals surface area (Å²) in [5, 5.41) is 11.5. The summed E-state index contributed by atoms with van der Waals surface area (Å²) >= 11 is 0. The summed E-state index contributed by atoms with van der Waals surface area (Å²) < 4.78 is 17.0. The predicted molar refractivity (Wildman–Crippen MR) is 79.4 cm³/mol. The van der Waals surface area contributed by atoms with Crippen LogP contribution in [0.3, 0.4) is 0 Å². The molecule has 0 bridgehead atoms. The number of carbonyl (C=O) groups excluding carboxylic acids is 2. The van der Waals surface area contributed by atoms with Crippen molar-refractivity contribution in [3.8, 4) is 0 Å². The molecule has 0 aromatic carbocycles. The highest BCUT2D eigenvalue weighted by molar-refractivity contribution is 5.80. The molecule has 0 heterocycles. The lowest BCUT2D eigenvalue weighted by molar-refractivity contribution is -0.141. The number of rotatable bonds is 9. The Labute approximate surface area is 130 Å². The number of carboxylic acids is 1. The lowest BCUT2D eigenvalue weighted by Crippen LogP contribution is -2.47. The monoisotopic (exact) mass is 319 g/mol. The van der Waals surface area contributed by atoms with Gasteiger partial charge in [0, 0.05) is 6.42 Å². The average molecular weight is 319 g/mol. The third-order valence-corrected chi connectivity index (χ3v) is 3.02. The van der Waals surface area contributed by atoms with Crippen molar-refractivity contribution >= 4 is 17.8 Å². The number of hydrogen-bond donors (Lipinski definition) is 2. The van der Waals surface area contributed by atoms with E-state index in [2.05, 4.69) is 5.32 Å². The highest BCUT2D eigenvalue weighted by Crippen LogP contribution is 2.15. The van der Waals surface area contributed by atoms with Crippen molar-refractivity contribution in [2.24, 2.45) is 5.92 Å². The standard InChI is InChI=1S/C15H26FNO5/c1-10(7-5-6-8-11(18)9-16)12(13(19)20)17-14(21)22-15(2,3)4/h10,12H,5-9H2,1-4H3,(H,17,21)(H,19,20). The SMILES string of the molecule is CC(CCCCC(=O)CF)C(NC(=O)OC(C)(C)C)C(=O)O. The zero-order valence-corrected chi connectivity index (χ0v) is 13.6. The minimum absolute atomic E-state index is 0.153. The maximum absolute atomic E-state index is 12.0. The summed E-state index contributed by atoms with van der Waals surface area (Å²) in [5.41, 5.74) is -0.705. The Hall–Kier alpha value is -1.66. The minimum atomic E-state index is -1.14. The lowest BCUT2D eigenvalue weighted by Gasteiger charge is -2.24. The van der Waals surface area contributed by atoms with Crippen LogP contribution in [0.15, 0.2) is 0 Å². The molecule has 0 saturated heterocycles. The van der Waals surface area contributed by atoms with E-state index in [1.165, 1.54) is 0 Å². The molecule has 6 nitrogen and oxygen atoms in total. The third kappa shape index (κ3) is 9.31. The summed E-state index contributed by atoms with van der Waals surface area (Å²) in [6, 6.07) is -1.06. The zero-order chi connectivity index (χ0) is 17.3. The van der Waals surface area contributed by atoms with Crippen LogP contribution in [0, 0.1) is 5.92 Å². The van der Waals surface area contributed by atoms with Crippen LogP contribution in [-0.2, 0) is 14.3 Å². The first-order chi connectivity index (χ1) is 10.1. The second-order valence-electron chi connectivity index (χ2n) is 6.36. The first-order valence-corrected chi connectivity index (χ1v) is 7.36. The second-order valence-corrected chi connectivity index (χ2v) is 6.36. The van der Waals surface area contributed by atoms with Crippen molar-refractivity contribution in [3.05, 3.63) is 0 Å². The number of carbonyl (C=O) groups is 3. The van der Waals surface area contributed by atoms with Gasteiger partial charge in [0.05, 0.1) is 0 Å². The molecule has 0 aliphatic rings. The number of hydrogen-bond acceptors (Lipinski definition) is 4. The molecule has 0 rings (SSSR count). The Morgan fingerprint density at radius 1 is 1.23 bits per heavy atom. The fourth-order valence-corrected chi connectivity index (χ4v) is 1.90. The summed E-state index contributed by atoms with van der Waals surface area (Å²) in [6.45, 7) is 5.80. The number of nitrogens with one attached hydrogen (secondary N) is 1. The second kappa shape index (κ2) is 9.38. The highest BCUT2D eigenvalue weighted by atomic mass is 19.1. The molecule has 22 heavy (non-hydrogen) atoms. The number of ketones is 1. The molecule has 1 amide bonds. The topological polar surface area (TPSA) is 92.7 Å². The quantitative estimate of drug-likeness (QED) is 0.637. The molecule has 2 unspecified atom stereocenters. The van der Waals surface area contributed by atoms with Gasteiger partial charge in [-0.05, 0) is 39.5 Å². The Morgan fingerprint density at radius 2 is 1.82 bits per heavy atom. The molecule has 2 atom stereocenters. The van der Waals surface area contributed by atoms with Crippen molar-refractivity contribution in [1.29, 1.82) is 0 Å². The molecule has 0 saturated carbocycles. The Kier molecular flexibility index (Phi) is 8.67. The van der Waals surface area contributed by atoms with Gasteiger partial charge in [-0.15, -0.1) is 0 Å². The van der Waals surface area contributed by atoms with Gasteiger partial charge < -0.3 is 15.2 Å². The molecule has 7 heteroatoms. The van der Waals surface area contributed by atoms with E-state index < -0.39 is 36.2 Å². The fraction of sp³-hybridized carbons (Fsp3) is 0.800. The smallest absolute Gasteiger partial charge is 0.408 e. The lowest BCUT2D eigenvalue weighted by atomic mass is 9.95. The van der Waals surface area contributed by atoms with Gasteiger partial charge in [0.15, 0.2) is 5.78 Å². The highest BCUT2D eigenvalue weighted by Gasteiger charge is 2.28. The first kappa shape index (κ1) is 20.3. The maximum atomic E-state index is 12.0. The van der Waals surface area contributed by atoms with E-state index in [1.54, 1.807) is 27.7 Å². The van der Waals surface area contributed by atoms with Crippen LogP contribution in [0.4, 0.5) is 9.18 Å². The minimum Gasteiger partial charge on any atom is -0.480 e. The largest absolute Gasteiger partial charge is 0.480 e. The van der Waals surface area contributed by atoms with Gasteiger partial charge in [-0.3, -0.25) is 4.79 Å². The number of Topliss-reactive ketones (excluding diaryl/α,β-unsaturated/α-hetero) is 1. The number of ether oxygens (including phenoxy) is 1. The van der Waals surface area contributed by atoms with E-state index in [0.29, 0.717) is 19.3 Å². The number of amides is 1. The molecule has 0 radical (unpaired) electrons. The molecule has 128 valence electrons. The van der Waals surface area contributed by atoms with Crippen LogP contribution >= 0.6 is 0 Å². The van der Waals surface area contributed by atoms with Gasteiger partial charge in [-0.1, -0.05) is 13.3 Å². The van der Waals surface area contributed by atoms with Crippen molar-refractivity contribution in [1.82, 2.24) is 5.32 Å². The first-order valence-electron chi connectivity index (χ1n) is 7.36. The number of unbranched alkanes of at least 4 members (excludes halogenated alkanes) is 1. The number of halogens is 1. The molecule has 0 fully saturated rings. The Morgan fingerprint density at radius 3 is 2.27 bits per heavy atom. The number of aliphatic carboxylic acids is 1. The van der Waals surface area contributed by atoms with Gasteiger partial charge in [-0.25, -0.2) is 14.0 Å². The van der Waals surface area contributed by atoms with Gasteiger partial charge in [0.25, 0.3) is 0 Å². The van der Waals surface area contributed by atoms with Crippen molar-refractivity contribution in [3.63, 3.8) is 0 Å². The molecular weight excluding hydrogens is 293 g/mol. The molecule has 0 aromatic heterocycles. The molecule has 0 aliphatic heterocycles. The third-order valence-electron chi connectivity index (χ3n) is 3.02. The van der Waals surface area contributed by atoms with Crippen LogP contribution < -0.4 is 5.32 Å². The summed E-state index contributed by atoms with van der Waals surface area (Å²) in [6.07, 6.45) is 0.977. The molecular formula is C15H26FNO5. The molecule has 0 spiro atoms. The summed E-state index contributed by atoms with van der Waals surface area (Å²) in [7, 11) is 0. The zero-order valence-electron chi connectivity index (χ0n) is 13.6. The summed E-state index contributed by atoms with van der Waals surface area (Å²) in [5.74, 6) is -1.92. The normalized spacial score (nSPS) is 14.0. The van der Waals surface area contributed by atoms with Crippen LogP contribution in [-0.4, -0.2) is 41.3 Å². The van der Waals surface area contributed by atoms with E-state index >= 15 is 0 Å². The predicted octanol–water partition coefficient (Wildman–Crippen LogP) is 2.70. The van der Waals surface area contributed by atoms with Gasteiger partial charge in [0.1, 0.15) is 18.3 Å². The van der Waals surface area contributed by atoms with Crippen LogP contribution in [0.5, 0.6) is 0 Å². The van der Waals surface area contributed by atoms with Crippen LogP contribution in [0.2, 0.25) is 0 Å². The average Bonchev–Trinajstić information content (AvgIpc) is 2.37. The van der Waals surface area contributed by atoms with Crippen LogP contribution in [0.25, 0.3) is 0 Å². The van der Waals surface area contributed by atoms with Crippen molar-refractivity contribution in [2.45, 2.75) is 65.0 Å². The Balaban J connectivity index is 4.34. The van der Waals surface area contributed by atoms with Gasteiger partial charge >= 0.3 is 12.1 Å². The summed E-state index contributed by atoms with van der Waals surface area (Å²) in [4.78, 5) is 33.7. The van der Waals surface area contributed by atoms with Crippen molar-refractivity contribution < 1.29 is 28.6 Å². The van der Waals surface area contributed by atoms with E-state index in [9.17, 15) is 23.9 Å². The van der Waals surface area contributed by atoms with Crippen molar-refractivity contribution in [2.75, 3.05) is 6.67 Å². The van der Waals surface area contributed by atoms with E-state index in [0.717, 1.165) is 0 Å². The van der Waals surface area contributed by atoms with Gasteiger partial charge in [0.2, 0.25) is 0 Å². The van der Waals surface area contributed by atoms with E-state index in [4.69, 9.17) is 4.74 Å². The van der Waals surface area contributed by atoms with Gasteiger partial charge in [-0.2, -0.15) is 0 Å².